The Labute approximate surface area is 158 Å². The molecule has 0 spiro atoms. The van der Waals surface area contributed by atoms with Crippen LogP contribution in [0, 0.1) is 6.92 Å². The number of rotatable bonds is 5. The molecule has 0 fully saturated rings. The first-order chi connectivity index (χ1) is 13.2. The van der Waals surface area contributed by atoms with E-state index in [9.17, 15) is 22.8 Å². The standard InChI is InChI=1S/C19H17F3N2O4/c1-12-3-2-4-14(9-12)27-8-7-24-15-10-13(23-18(26)19(20,21)22)5-6-16(15)28-11-17(24)25/h2-6,9-10H,7-8,11H2,1H3,(H,23,26). The lowest BCUT2D eigenvalue weighted by Crippen LogP contribution is -2.41. The quantitative estimate of drug-likeness (QED) is 0.845. The summed E-state index contributed by atoms with van der Waals surface area (Å²) in [6.07, 6.45) is -5.01. The van der Waals surface area contributed by atoms with Gasteiger partial charge < -0.3 is 19.7 Å². The number of aryl methyl sites for hydroxylation is 1. The van der Waals surface area contributed by atoms with E-state index in [2.05, 4.69) is 0 Å². The lowest BCUT2D eigenvalue weighted by Gasteiger charge is -2.29. The van der Waals surface area contributed by atoms with Gasteiger partial charge in [-0.25, -0.2) is 0 Å². The van der Waals surface area contributed by atoms with Crippen LogP contribution in [0.5, 0.6) is 11.5 Å². The smallest absolute Gasteiger partial charge is 0.471 e. The van der Waals surface area contributed by atoms with Gasteiger partial charge in [0.2, 0.25) is 0 Å². The number of fused-ring (bicyclic) bond motifs is 1. The summed E-state index contributed by atoms with van der Waals surface area (Å²) < 4.78 is 48.3. The van der Waals surface area contributed by atoms with Crippen molar-refractivity contribution in [2.45, 2.75) is 13.1 Å². The molecule has 148 valence electrons. The number of hydrogen-bond acceptors (Lipinski definition) is 4. The Hall–Kier alpha value is -3.23. The van der Waals surface area contributed by atoms with Gasteiger partial charge in [-0.05, 0) is 42.8 Å². The molecule has 1 aliphatic heterocycles. The molecule has 0 aromatic heterocycles. The van der Waals surface area contributed by atoms with Gasteiger partial charge in [0.05, 0.1) is 12.2 Å². The number of hydrogen-bond donors (Lipinski definition) is 1. The third-order valence-corrected chi connectivity index (χ3v) is 3.99. The summed E-state index contributed by atoms with van der Waals surface area (Å²) in [7, 11) is 0. The molecule has 28 heavy (non-hydrogen) atoms. The van der Waals surface area contributed by atoms with E-state index < -0.39 is 12.1 Å². The number of anilines is 2. The molecule has 3 rings (SSSR count). The van der Waals surface area contributed by atoms with Gasteiger partial charge in [-0.3, -0.25) is 9.59 Å². The molecule has 0 bridgehead atoms. The van der Waals surface area contributed by atoms with Crippen LogP contribution in [0.1, 0.15) is 5.56 Å². The van der Waals surface area contributed by atoms with Crippen molar-refractivity contribution in [1.29, 1.82) is 0 Å². The minimum atomic E-state index is -5.01. The van der Waals surface area contributed by atoms with Gasteiger partial charge in [-0.1, -0.05) is 12.1 Å². The number of carbonyl (C=O) groups excluding carboxylic acids is 2. The van der Waals surface area contributed by atoms with Crippen LogP contribution in [0.2, 0.25) is 0 Å². The second-order valence-corrected chi connectivity index (χ2v) is 6.13. The Morgan fingerprint density at radius 3 is 2.75 bits per heavy atom. The highest BCUT2D eigenvalue weighted by atomic mass is 19.4. The minimum absolute atomic E-state index is 0.0935. The van der Waals surface area contributed by atoms with E-state index in [0.717, 1.165) is 5.56 Å². The van der Waals surface area contributed by atoms with Gasteiger partial charge in [0.1, 0.15) is 18.1 Å². The first kappa shape index (κ1) is 19.5. The van der Waals surface area contributed by atoms with Gasteiger partial charge in [0.25, 0.3) is 5.91 Å². The highest BCUT2D eigenvalue weighted by Gasteiger charge is 2.39. The van der Waals surface area contributed by atoms with Crippen molar-refractivity contribution in [2.24, 2.45) is 0 Å². The van der Waals surface area contributed by atoms with E-state index in [1.165, 1.54) is 23.1 Å². The molecule has 1 N–H and O–H groups in total. The second kappa shape index (κ2) is 7.79. The Kier molecular flexibility index (Phi) is 5.43. The molecular formula is C19H17F3N2O4. The Balaban J connectivity index is 1.73. The minimum Gasteiger partial charge on any atom is -0.492 e. The van der Waals surface area contributed by atoms with Gasteiger partial charge in [-0.2, -0.15) is 13.2 Å². The van der Waals surface area contributed by atoms with E-state index in [4.69, 9.17) is 9.47 Å². The zero-order chi connectivity index (χ0) is 20.3. The maximum Gasteiger partial charge on any atom is 0.471 e. The van der Waals surface area contributed by atoms with Crippen LogP contribution >= 0.6 is 0 Å². The molecule has 0 atom stereocenters. The number of ether oxygens (including phenoxy) is 2. The number of halogens is 3. The predicted octanol–water partition coefficient (Wildman–Crippen LogP) is 3.30. The molecule has 2 amide bonds. The van der Waals surface area contributed by atoms with E-state index >= 15 is 0 Å². The average molecular weight is 394 g/mol. The lowest BCUT2D eigenvalue weighted by molar-refractivity contribution is -0.167. The number of benzene rings is 2. The summed E-state index contributed by atoms with van der Waals surface area (Å²) in [5.74, 6) is -1.48. The molecule has 9 heteroatoms. The molecule has 0 aliphatic carbocycles. The highest BCUT2D eigenvalue weighted by molar-refractivity contribution is 6.00. The van der Waals surface area contributed by atoms with E-state index in [0.29, 0.717) is 11.5 Å². The summed E-state index contributed by atoms with van der Waals surface area (Å²) >= 11 is 0. The predicted molar refractivity (Wildman–Crippen MR) is 95.6 cm³/mol. The van der Waals surface area contributed by atoms with Gasteiger partial charge >= 0.3 is 12.1 Å². The van der Waals surface area contributed by atoms with Crippen molar-refractivity contribution >= 4 is 23.2 Å². The maximum absolute atomic E-state index is 12.5. The van der Waals surface area contributed by atoms with Crippen LogP contribution < -0.4 is 19.7 Å². The molecule has 6 nitrogen and oxygen atoms in total. The summed E-state index contributed by atoms with van der Waals surface area (Å²) in [4.78, 5) is 24.7. The van der Waals surface area contributed by atoms with E-state index in [-0.39, 0.29) is 37.0 Å². The fourth-order valence-corrected chi connectivity index (χ4v) is 2.69. The molecule has 1 heterocycles. The Morgan fingerprint density at radius 1 is 1.25 bits per heavy atom. The van der Waals surface area contributed by atoms with Crippen molar-refractivity contribution in [2.75, 3.05) is 30.0 Å². The number of alkyl halides is 3. The Morgan fingerprint density at radius 2 is 2.04 bits per heavy atom. The number of carbonyl (C=O) groups is 2. The number of nitrogens with zero attached hydrogens (tertiary/aromatic N) is 1. The van der Waals surface area contributed by atoms with Gasteiger partial charge in [0.15, 0.2) is 6.61 Å². The van der Waals surface area contributed by atoms with Gasteiger partial charge in [0, 0.05) is 5.69 Å². The normalized spacial score (nSPS) is 13.6. The molecule has 1 aliphatic rings. The molecular weight excluding hydrogens is 377 g/mol. The Bertz CT molecular complexity index is 899. The molecule has 0 saturated carbocycles. The lowest BCUT2D eigenvalue weighted by atomic mass is 10.2. The second-order valence-electron chi connectivity index (χ2n) is 6.13. The topological polar surface area (TPSA) is 67.9 Å². The van der Waals surface area contributed by atoms with Crippen LogP contribution in [0.3, 0.4) is 0 Å². The van der Waals surface area contributed by atoms with Gasteiger partial charge in [-0.15, -0.1) is 0 Å². The SMILES string of the molecule is Cc1cccc(OCCN2C(=O)COc3ccc(NC(=O)C(F)(F)F)cc32)c1. The number of nitrogens with one attached hydrogen (secondary N) is 1. The summed E-state index contributed by atoms with van der Waals surface area (Å²) in [5, 5.41) is 1.77. The fourth-order valence-electron chi connectivity index (χ4n) is 2.69. The van der Waals surface area contributed by atoms with Crippen molar-refractivity contribution < 1.29 is 32.2 Å². The van der Waals surface area contributed by atoms with Crippen LogP contribution in [0.25, 0.3) is 0 Å². The van der Waals surface area contributed by atoms with E-state index in [1.807, 2.05) is 25.1 Å². The third-order valence-electron chi connectivity index (χ3n) is 3.99. The van der Waals surface area contributed by atoms with Crippen molar-refractivity contribution in [3.8, 4) is 11.5 Å². The first-order valence-corrected chi connectivity index (χ1v) is 8.39. The van der Waals surface area contributed by atoms with Crippen molar-refractivity contribution in [1.82, 2.24) is 0 Å². The van der Waals surface area contributed by atoms with Crippen LogP contribution in [-0.2, 0) is 9.59 Å². The zero-order valence-electron chi connectivity index (χ0n) is 14.9. The average Bonchev–Trinajstić information content (AvgIpc) is 2.63. The van der Waals surface area contributed by atoms with Crippen molar-refractivity contribution in [3.63, 3.8) is 0 Å². The monoisotopic (exact) mass is 394 g/mol. The summed E-state index contributed by atoms with van der Waals surface area (Å²) in [6.45, 7) is 2.07. The van der Waals surface area contributed by atoms with Crippen molar-refractivity contribution in [3.05, 3.63) is 48.0 Å². The fraction of sp³-hybridized carbons (Fsp3) is 0.263. The maximum atomic E-state index is 12.5. The molecule has 0 saturated heterocycles. The summed E-state index contributed by atoms with van der Waals surface area (Å²) in [6, 6.07) is 11.3. The summed E-state index contributed by atoms with van der Waals surface area (Å²) in [5.41, 5.74) is 1.20. The number of amides is 2. The molecule has 2 aromatic carbocycles. The molecule has 0 radical (unpaired) electrons. The third kappa shape index (κ3) is 4.54. The van der Waals surface area contributed by atoms with Crippen LogP contribution in [0.4, 0.5) is 24.5 Å². The van der Waals surface area contributed by atoms with Crippen LogP contribution in [0.15, 0.2) is 42.5 Å². The van der Waals surface area contributed by atoms with Crippen LogP contribution in [-0.4, -0.2) is 37.7 Å². The zero-order valence-corrected chi connectivity index (χ0v) is 14.9. The molecule has 0 unspecified atom stereocenters. The largest absolute Gasteiger partial charge is 0.492 e. The highest BCUT2D eigenvalue weighted by Crippen LogP contribution is 2.35. The molecule has 2 aromatic rings. The first-order valence-electron chi connectivity index (χ1n) is 8.39. The van der Waals surface area contributed by atoms with E-state index in [1.54, 1.807) is 11.4 Å².